The lowest BCUT2D eigenvalue weighted by Gasteiger charge is -2.34. The van der Waals surface area contributed by atoms with Gasteiger partial charge in [0.2, 0.25) is 0 Å². The number of nitrogens with zero attached hydrogens (tertiary/aromatic N) is 2. The number of alkyl halides is 3. The van der Waals surface area contributed by atoms with Crippen molar-refractivity contribution in [1.29, 1.82) is 0 Å². The quantitative estimate of drug-likeness (QED) is 0.866. The number of carbonyl (C=O) groups is 1. The Morgan fingerprint density at radius 1 is 1.38 bits per heavy atom. The van der Waals surface area contributed by atoms with Crippen molar-refractivity contribution in [3.8, 4) is 0 Å². The van der Waals surface area contributed by atoms with E-state index in [9.17, 15) is 23.1 Å². The van der Waals surface area contributed by atoms with Gasteiger partial charge in [0.1, 0.15) is 0 Å². The van der Waals surface area contributed by atoms with Crippen LogP contribution in [0.1, 0.15) is 18.9 Å². The van der Waals surface area contributed by atoms with Crippen LogP contribution >= 0.6 is 0 Å². The summed E-state index contributed by atoms with van der Waals surface area (Å²) in [5, 5.41) is 12.4. The number of likely N-dealkylation sites (tertiary alicyclic amines) is 1. The Bertz CT molecular complexity index is 605. The topological polar surface area (TPSA) is 55.8 Å². The van der Waals surface area contributed by atoms with Gasteiger partial charge >= 0.3 is 12.2 Å². The first-order valence-electron chi connectivity index (χ1n) is 7.72. The standard InChI is InChI=1S/C16H22F3N3O2/c1-10-6-7-22(9-14(10)23)15(24)20-12-8-11(16(17,18)19)4-5-13(12)21(2)3/h4-5,8,10,14,23H,6-7,9H2,1-3H3,(H,20,24). The van der Waals surface area contributed by atoms with Crippen LogP contribution in [0.5, 0.6) is 0 Å². The first-order chi connectivity index (χ1) is 11.1. The minimum atomic E-state index is -4.49. The number of benzene rings is 1. The lowest BCUT2D eigenvalue weighted by molar-refractivity contribution is -0.137. The van der Waals surface area contributed by atoms with Gasteiger partial charge in [-0.2, -0.15) is 13.2 Å². The Morgan fingerprint density at radius 2 is 2.04 bits per heavy atom. The predicted molar refractivity (Wildman–Crippen MR) is 86.2 cm³/mol. The van der Waals surface area contributed by atoms with E-state index < -0.39 is 23.9 Å². The average molecular weight is 345 g/mol. The van der Waals surface area contributed by atoms with Crippen LogP contribution in [0.2, 0.25) is 0 Å². The normalized spacial score (nSPS) is 21.5. The molecule has 24 heavy (non-hydrogen) atoms. The molecule has 1 fully saturated rings. The SMILES string of the molecule is CC1CCN(C(=O)Nc2cc(C(F)(F)F)ccc2N(C)C)CC1O. The molecule has 2 N–H and O–H groups in total. The van der Waals surface area contributed by atoms with Crippen molar-refractivity contribution >= 4 is 17.4 Å². The zero-order valence-corrected chi connectivity index (χ0v) is 13.9. The number of β-amino-alcohol motifs (C(OH)–C–C–N with tert-alkyl or cyclic N) is 1. The first kappa shape index (κ1) is 18.4. The molecule has 2 atom stereocenters. The average Bonchev–Trinajstić information content (AvgIpc) is 2.48. The molecule has 1 saturated heterocycles. The van der Waals surface area contributed by atoms with Crippen molar-refractivity contribution in [1.82, 2.24) is 4.90 Å². The highest BCUT2D eigenvalue weighted by atomic mass is 19.4. The lowest BCUT2D eigenvalue weighted by atomic mass is 9.96. The van der Waals surface area contributed by atoms with Crippen molar-refractivity contribution in [2.24, 2.45) is 5.92 Å². The van der Waals surface area contributed by atoms with Crippen LogP contribution in [0.15, 0.2) is 18.2 Å². The molecule has 1 aliphatic rings. The first-order valence-corrected chi connectivity index (χ1v) is 7.72. The van der Waals surface area contributed by atoms with Crippen molar-refractivity contribution < 1.29 is 23.1 Å². The molecule has 2 rings (SSSR count). The van der Waals surface area contributed by atoms with Gasteiger partial charge in [0.25, 0.3) is 0 Å². The Hall–Kier alpha value is -1.96. The number of amides is 2. The molecule has 1 aliphatic heterocycles. The van der Waals surface area contributed by atoms with E-state index in [4.69, 9.17) is 0 Å². The number of carbonyl (C=O) groups excluding carboxylic acids is 1. The van der Waals surface area contributed by atoms with Crippen molar-refractivity contribution in [3.05, 3.63) is 23.8 Å². The molecule has 2 unspecified atom stereocenters. The van der Waals surface area contributed by atoms with Crippen LogP contribution in [0, 0.1) is 5.92 Å². The number of aliphatic hydroxyl groups excluding tert-OH is 1. The summed E-state index contributed by atoms with van der Waals surface area (Å²) in [7, 11) is 3.37. The van der Waals surface area contributed by atoms with Gasteiger partial charge in [0.05, 0.1) is 23.0 Å². The minimum Gasteiger partial charge on any atom is -0.391 e. The summed E-state index contributed by atoms with van der Waals surface area (Å²) in [5.74, 6) is 0.0972. The van der Waals surface area contributed by atoms with E-state index in [0.717, 1.165) is 12.1 Å². The maximum Gasteiger partial charge on any atom is 0.416 e. The van der Waals surface area contributed by atoms with Crippen LogP contribution in [0.4, 0.5) is 29.3 Å². The molecule has 0 saturated carbocycles. The molecule has 1 heterocycles. The molecule has 134 valence electrons. The van der Waals surface area contributed by atoms with Gasteiger partial charge in [0.15, 0.2) is 0 Å². The van der Waals surface area contributed by atoms with E-state index in [1.165, 1.54) is 11.0 Å². The van der Waals surface area contributed by atoms with Gasteiger partial charge in [-0.05, 0) is 30.5 Å². The second-order valence-electron chi connectivity index (χ2n) is 6.33. The molecular formula is C16H22F3N3O2. The van der Waals surface area contributed by atoms with Crippen LogP contribution in [-0.2, 0) is 6.18 Å². The molecule has 0 spiro atoms. The summed E-state index contributed by atoms with van der Waals surface area (Å²) < 4.78 is 38.8. The number of aliphatic hydroxyl groups is 1. The van der Waals surface area contributed by atoms with E-state index in [1.54, 1.807) is 19.0 Å². The third kappa shape index (κ3) is 4.11. The van der Waals surface area contributed by atoms with Crippen LogP contribution in [0.25, 0.3) is 0 Å². The van der Waals surface area contributed by atoms with Gasteiger partial charge in [-0.25, -0.2) is 4.79 Å². The number of rotatable bonds is 2. The smallest absolute Gasteiger partial charge is 0.391 e. The zero-order valence-electron chi connectivity index (χ0n) is 13.9. The molecule has 0 radical (unpaired) electrons. The summed E-state index contributed by atoms with van der Waals surface area (Å²) in [6.45, 7) is 2.53. The fourth-order valence-corrected chi connectivity index (χ4v) is 2.63. The maximum atomic E-state index is 12.9. The second kappa shape index (κ2) is 6.88. The molecule has 1 aromatic carbocycles. The summed E-state index contributed by atoms with van der Waals surface area (Å²) in [6, 6.07) is 2.72. The van der Waals surface area contributed by atoms with E-state index in [-0.39, 0.29) is 18.2 Å². The molecule has 8 heteroatoms. The van der Waals surface area contributed by atoms with Gasteiger partial charge < -0.3 is 20.2 Å². The number of urea groups is 1. The highest BCUT2D eigenvalue weighted by Crippen LogP contribution is 2.35. The van der Waals surface area contributed by atoms with Crippen LogP contribution < -0.4 is 10.2 Å². The van der Waals surface area contributed by atoms with Crippen molar-refractivity contribution in [2.45, 2.75) is 25.6 Å². The highest BCUT2D eigenvalue weighted by Gasteiger charge is 2.32. The van der Waals surface area contributed by atoms with Gasteiger partial charge in [0, 0.05) is 27.2 Å². The Kier molecular flexibility index (Phi) is 5.27. The zero-order chi connectivity index (χ0) is 18.1. The molecule has 1 aromatic rings. The molecule has 0 bridgehead atoms. The van der Waals surface area contributed by atoms with E-state index >= 15 is 0 Å². The molecular weight excluding hydrogens is 323 g/mol. The highest BCUT2D eigenvalue weighted by molar-refractivity contribution is 5.93. The Morgan fingerprint density at radius 3 is 2.58 bits per heavy atom. The van der Waals surface area contributed by atoms with Crippen LogP contribution in [-0.4, -0.2) is 49.3 Å². The largest absolute Gasteiger partial charge is 0.416 e. The van der Waals surface area contributed by atoms with Crippen molar-refractivity contribution in [2.75, 3.05) is 37.4 Å². The summed E-state index contributed by atoms with van der Waals surface area (Å²) in [6.07, 6.45) is -4.46. The Labute approximate surface area is 139 Å². The van der Waals surface area contributed by atoms with Gasteiger partial charge in [-0.1, -0.05) is 6.92 Å². The Balaban J connectivity index is 2.22. The summed E-state index contributed by atoms with van der Waals surface area (Å²) >= 11 is 0. The third-order valence-electron chi connectivity index (χ3n) is 4.25. The lowest BCUT2D eigenvalue weighted by Crippen LogP contribution is -2.47. The molecule has 0 aliphatic carbocycles. The number of piperidine rings is 1. The summed E-state index contributed by atoms with van der Waals surface area (Å²) in [5.41, 5.74) is -0.258. The number of hydrogen-bond donors (Lipinski definition) is 2. The minimum absolute atomic E-state index is 0.0907. The van der Waals surface area contributed by atoms with Crippen LogP contribution in [0.3, 0.4) is 0 Å². The second-order valence-corrected chi connectivity index (χ2v) is 6.33. The maximum absolute atomic E-state index is 12.9. The molecule has 0 aromatic heterocycles. The fraction of sp³-hybridized carbons (Fsp3) is 0.562. The monoisotopic (exact) mass is 345 g/mol. The number of hydrogen-bond acceptors (Lipinski definition) is 3. The van der Waals surface area contributed by atoms with Gasteiger partial charge in [-0.15, -0.1) is 0 Å². The van der Waals surface area contributed by atoms with E-state index in [2.05, 4.69) is 5.32 Å². The fourth-order valence-electron chi connectivity index (χ4n) is 2.63. The summed E-state index contributed by atoms with van der Waals surface area (Å²) in [4.78, 5) is 15.4. The molecule has 2 amide bonds. The number of nitrogens with one attached hydrogen (secondary N) is 1. The van der Waals surface area contributed by atoms with E-state index in [0.29, 0.717) is 18.7 Å². The molecule has 5 nitrogen and oxygen atoms in total. The number of halogens is 3. The van der Waals surface area contributed by atoms with Gasteiger partial charge in [-0.3, -0.25) is 0 Å². The predicted octanol–water partition coefficient (Wildman–Crippen LogP) is 3.01. The third-order valence-corrected chi connectivity index (χ3v) is 4.25. The van der Waals surface area contributed by atoms with E-state index in [1.807, 2.05) is 6.92 Å². The van der Waals surface area contributed by atoms with Crippen molar-refractivity contribution in [3.63, 3.8) is 0 Å². The number of anilines is 2.